The Labute approximate surface area is 124 Å². The van der Waals surface area contributed by atoms with Crippen LogP contribution in [0.4, 0.5) is 0 Å². The lowest BCUT2D eigenvalue weighted by Gasteiger charge is -2.13. The van der Waals surface area contributed by atoms with Gasteiger partial charge in [0.15, 0.2) is 5.76 Å². The number of hydrogen-bond donors (Lipinski definition) is 1. The predicted molar refractivity (Wildman–Crippen MR) is 81.5 cm³/mol. The molecule has 0 saturated carbocycles. The summed E-state index contributed by atoms with van der Waals surface area (Å²) in [5, 5.41) is 0. The average molecular weight is 287 g/mol. The molecule has 1 amide bonds. The van der Waals surface area contributed by atoms with E-state index in [9.17, 15) is 4.79 Å². The standard InChI is InChI=1S/C17H21NO3/c1-11(2)10-20-15-6-4-12(3)8-13(15)9-14-5-7-16(21-14)17(18)19/h4-8,11H,9-10H2,1-3H3,(H2,18,19). The zero-order valence-corrected chi connectivity index (χ0v) is 12.7. The molecule has 4 heteroatoms. The van der Waals surface area contributed by atoms with Gasteiger partial charge in [-0.15, -0.1) is 0 Å². The van der Waals surface area contributed by atoms with Crippen molar-refractivity contribution in [2.24, 2.45) is 11.7 Å². The second-order valence-corrected chi connectivity index (χ2v) is 5.62. The van der Waals surface area contributed by atoms with Crippen LogP contribution in [-0.4, -0.2) is 12.5 Å². The van der Waals surface area contributed by atoms with Gasteiger partial charge in [-0.05, 0) is 31.0 Å². The molecule has 0 aliphatic rings. The van der Waals surface area contributed by atoms with Crippen LogP contribution in [0.25, 0.3) is 0 Å². The number of primary amides is 1. The Morgan fingerprint density at radius 1 is 1.29 bits per heavy atom. The highest BCUT2D eigenvalue weighted by Gasteiger charge is 2.11. The van der Waals surface area contributed by atoms with Gasteiger partial charge in [0.2, 0.25) is 0 Å². The molecule has 1 aromatic carbocycles. The molecule has 0 saturated heterocycles. The van der Waals surface area contributed by atoms with Crippen LogP contribution in [-0.2, 0) is 6.42 Å². The highest BCUT2D eigenvalue weighted by atomic mass is 16.5. The third kappa shape index (κ3) is 4.12. The van der Waals surface area contributed by atoms with Crippen molar-refractivity contribution in [1.82, 2.24) is 0 Å². The van der Waals surface area contributed by atoms with Gasteiger partial charge in [0.05, 0.1) is 6.61 Å². The summed E-state index contributed by atoms with van der Waals surface area (Å²) in [4.78, 5) is 11.1. The molecule has 0 fully saturated rings. The van der Waals surface area contributed by atoms with E-state index in [0.717, 1.165) is 16.9 Å². The van der Waals surface area contributed by atoms with Gasteiger partial charge in [-0.2, -0.15) is 0 Å². The predicted octanol–water partition coefficient (Wildman–Crippen LogP) is 3.31. The third-order valence-corrected chi connectivity index (χ3v) is 3.06. The zero-order chi connectivity index (χ0) is 15.4. The minimum Gasteiger partial charge on any atom is -0.493 e. The molecule has 2 N–H and O–H groups in total. The lowest BCUT2D eigenvalue weighted by molar-refractivity contribution is 0.0972. The van der Waals surface area contributed by atoms with Crippen LogP contribution < -0.4 is 10.5 Å². The van der Waals surface area contributed by atoms with Gasteiger partial charge in [0.1, 0.15) is 11.5 Å². The summed E-state index contributed by atoms with van der Waals surface area (Å²) >= 11 is 0. The topological polar surface area (TPSA) is 65.5 Å². The highest BCUT2D eigenvalue weighted by Crippen LogP contribution is 2.24. The van der Waals surface area contributed by atoms with Crippen LogP contribution in [0.1, 0.15) is 41.3 Å². The highest BCUT2D eigenvalue weighted by molar-refractivity contribution is 5.89. The number of ether oxygens (including phenoxy) is 1. The van der Waals surface area contributed by atoms with Crippen LogP contribution in [0.3, 0.4) is 0 Å². The fraction of sp³-hybridized carbons (Fsp3) is 0.353. The third-order valence-electron chi connectivity index (χ3n) is 3.06. The Kier molecular flexibility index (Phi) is 4.68. The molecule has 112 valence electrons. The summed E-state index contributed by atoms with van der Waals surface area (Å²) < 4.78 is 11.3. The SMILES string of the molecule is Cc1ccc(OCC(C)C)c(Cc2ccc(C(N)=O)o2)c1. The van der Waals surface area contributed by atoms with Gasteiger partial charge in [-0.3, -0.25) is 4.79 Å². The zero-order valence-electron chi connectivity index (χ0n) is 12.7. The van der Waals surface area contributed by atoms with Crippen molar-refractivity contribution in [3.05, 3.63) is 53.0 Å². The summed E-state index contributed by atoms with van der Waals surface area (Å²) in [5.74, 6) is 1.64. The number of furan rings is 1. The number of benzene rings is 1. The van der Waals surface area contributed by atoms with Crippen LogP contribution in [0.15, 0.2) is 34.7 Å². The fourth-order valence-electron chi connectivity index (χ4n) is 2.04. The van der Waals surface area contributed by atoms with Crippen molar-refractivity contribution in [2.45, 2.75) is 27.2 Å². The minimum atomic E-state index is -0.554. The molecule has 1 heterocycles. The van der Waals surface area contributed by atoms with Crippen molar-refractivity contribution in [1.29, 1.82) is 0 Å². The van der Waals surface area contributed by atoms with Crippen LogP contribution >= 0.6 is 0 Å². The Balaban J connectivity index is 2.20. The molecule has 1 aromatic heterocycles. The van der Waals surface area contributed by atoms with Gasteiger partial charge in [0.25, 0.3) is 5.91 Å². The molecule has 0 bridgehead atoms. The molecule has 2 rings (SSSR count). The van der Waals surface area contributed by atoms with Crippen molar-refractivity contribution in [2.75, 3.05) is 6.61 Å². The molecular formula is C17H21NO3. The first-order valence-electron chi connectivity index (χ1n) is 7.06. The number of hydrogen-bond acceptors (Lipinski definition) is 3. The molecule has 4 nitrogen and oxygen atoms in total. The maximum absolute atomic E-state index is 11.1. The second kappa shape index (κ2) is 6.48. The monoisotopic (exact) mass is 287 g/mol. The fourth-order valence-corrected chi connectivity index (χ4v) is 2.04. The van der Waals surface area contributed by atoms with Crippen molar-refractivity contribution < 1.29 is 13.9 Å². The van der Waals surface area contributed by atoms with Crippen LogP contribution in [0.5, 0.6) is 5.75 Å². The normalized spacial score (nSPS) is 10.9. The van der Waals surface area contributed by atoms with Crippen molar-refractivity contribution >= 4 is 5.91 Å². The second-order valence-electron chi connectivity index (χ2n) is 5.62. The Morgan fingerprint density at radius 2 is 2.05 bits per heavy atom. The quantitative estimate of drug-likeness (QED) is 0.886. The van der Waals surface area contributed by atoms with E-state index in [-0.39, 0.29) is 5.76 Å². The lowest BCUT2D eigenvalue weighted by Crippen LogP contribution is -2.09. The van der Waals surface area contributed by atoms with E-state index in [1.54, 1.807) is 12.1 Å². The van der Waals surface area contributed by atoms with Gasteiger partial charge >= 0.3 is 0 Å². The summed E-state index contributed by atoms with van der Waals surface area (Å²) in [5.41, 5.74) is 7.40. The summed E-state index contributed by atoms with van der Waals surface area (Å²) in [7, 11) is 0. The largest absolute Gasteiger partial charge is 0.493 e. The Morgan fingerprint density at radius 3 is 2.67 bits per heavy atom. The average Bonchev–Trinajstić information content (AvgIpc) is 2.86. The van der Waals surface area contributed by atoms with E-state index >= 15 is 0 Å². The van der Waals surface area contributed by atoms with Crippen molar-refractivity contribution in [3.63, 3.8) is 0 Å². The van der Waals surface area contributed by atoms with Gasteiger partial charge < -0.3 is 14.9 Å². The molecule has 2 aromatic rings. The summed E-state index contributed by atoms with van der Waals surface area (Å²) in [6.07, 6.45) is 0.572. The number of aryl methyl sites for hydroxylation is 1. The smallest absolute Gasteiger partial charge is 0.284 e. The molecular weight excluding hydrogens is 266 g/mol. The van der Waals surface area contributed by atoms with Gasteiger partial charge in [-0.25, -0.2) is 0 Å². The number of carbonyl (C=O) groups excluding carboxylic acids is 1. The van der Waals surface area contributed by atoms with Gasteiger partial charge in [0, 0.05) is 12.0 Å². The van der Waals surface area contributed by atoms with E-state index in [2.05, 4.69) is 19.9 Å². The molecule has 0 aliphatic heterocycles. The van der Waals surface area contributed by atoms with E-state index in [1.807, 2.05) is 19.1 Å². The maximum Gasteiger partial charge on any atom is 0.284 e. The Hall–Kier alpha value is -2.23. The van der Waals surface area contributed by atoms with E-state index in [0.29, 0.717) is 24.7 Å². The number of amides is 1. The van der Waals surface area contributed by atoms with E-state index in [4.69, 9.17) is 14.9 Å². The Bertz CT molecular complexity index is 629. The number of nitrogens with two attached hydrogens (primary N) is 1. The van der Waals surface area contributed by atoms with Gasteiger partial charge in [-0.1, -0.05) is 31.5 Å². The van der Waals surface area contributed by atoms with Crippen LogP contribution in [0, 0.1) is 12.8 Å². The molecule has 0 unspecified atom stereocenters. The summed E-state index contributed by atoms with van der Waals surface area (Å²) in [6.45, 7) is 6.92. The molecule has 0 atom stereocenters. The number of carbonyl (C=O) groups is 1. The lowest BCUT2D eigenvalue weighted by atomic mass is 10.1. The van der Waals surface area contributed by atoms with Crippen molar-refractivity contribution in [3.8, 4) is 5.75 Å². The van der Waals surface area contributed by atoms with E-state index in [1.165, 1.54) is 0 Å². The van der Waals surface area contributed by atoms with Crippen LogP contribution in [0.2, 0.25) is 0 Å². The molecule has 0 spiro atoms. The summed E-state index contributed by atoms with van der Waals surface area (Å²) in [6, 6.07) is 9.44. The number of rotatable bonds is 6. The van der Waals surface area contributed by atoms with E-state index < -0.39 is 5.91 Å². The first-order chi connectivity index (χ1) is 9.95. The first kappa shape index (κ1) is 15.2. The maximum atomic E-state index is 11.1. The molecule has 0 radical (unpaired) electrons. The molecule has 21 heavy (non-hydrogen) atoms. The molecule has 0 aliphatic carbocycles. The first-order valence-corrected chi connectivity index (χ1v) is 7.06. The minimum absolute atomic E-state index is 0.183.